The topological polar surface area (TPSA) is 57.2 Å². The lowest BCUT2D eigenvalue weighted by Crippen LogP contribution is -2.33. The summed E-state index contributed by atoms with van der Waals surface area (Å²) in [7, 11) is 1.51. The Hall–Kier alpha value is -0.980. The molecule has 1 aromatic rings. The third-order valence-corrected chi connectivity index (χ3v) is 3.59. The van der Waals surface area contributed by atoms with Crippen molar-refractivity contribution in [3.05, 3.63) is 35.9 Å². The van der Waals surface area contributed by atoms with Gasteiger partial charge < -0.3 is 24.1 Å². The summed E-state index contributed by atoms with van der Waals surface area (Å²) in [5.74, 6) is 0. The highest BCUT2D eigenvalue weighted by Gasteiger charge is 2.52. The van der Waals surface area contributed by atoms with E-state index in [1.54, 1.807) is 0 Å². The standard InChI is InChI=1S/C14H18O5/c1-16-14-11(15)13-12(19-14)10(8-18-13)17-7-9-5-3-2-4-6-9/h2-6,10-15H,7-8H2,1H3/t10-,11-,12-,13-,14?/m1/s1. The number of fused-ring (bicyclic) bond motifs is 1. The molecular formula is C14H18O5. The lowest BCUT2D eigenvalue weighted by Gasteiger charge is -2.18. The van der Waals surface area contributed by atoms with Crippen LogP contribution in [-0.2, 0) is 25.6 Å². The normalized spacial score (nSPS) is 37.5. The minimum absolute atomic E-state index is 0.167. The Bertz CT molecular complexity index is 410. The Morgan fingerprint density at radius 3 is 2.79 bits per heavy atom. The predicted molar refractivity (Wildman–Crippen MR) is 66.4 cm³/mol. The summed E-state index contributed by atoms with van der Waals surface area (Å²) in [4.78, 5) is 0. The molecule has 3 rings (SSSR count). The maximum Gasteiger partial charge on any atom is 0.186 e. The van der Waals surface area contributed by atoms with Crippen molar-refractivity contribution in [2.24, 2.45) is 0 Å². The van der Waals surface area contributed by atoms with Gasteiger partial charge in [-0.15, -0.1) is 0 Å². The molecule has 1 N–H and O–H groups in total. The molecule has 5 nitrogen and oxygen atoms in total. The van der Waals surface area contributed by atoms with Crippen LogP contribution < -0.4 is 0 Å². The van der Waals surface area contributed by atoms with E-state index in [2.05, 4.69) is 0 Å². The molecule has 5 atom stereocenters. The van der Waals surface area contributed by atoms with Crippen LogP contribution in [0.1, 0.15) is 5.56 Å². The Kier molecular flexibility index (Phi) is 3.81. The Balaban J connectivity index is 1.58. The van der Waals surface area contributed by atoms with Gasteiger partial charge >= 0.3 is 0 Å². The molecule has 0 bridgehead atoms. The Labute approximate surface area is 112 Å². The summed E-state index contributed by atoms with van der Waals surface area (Å²) in [6.07, 6.45) is -2.16. The first-order valence-electron chi connectivity index (χ1n) is 6.43. The first kappa shape index (κ1) is 13.0. The van der Waals surface area contributed by atoms with Crippen LogP contribution in [0.4, 0.5) is 0 Å². The fourth-order valence-electron chi connectivity index (χ4n) is 2.57. The fourth-order valence-corrected chi connectivity index (χ4v) is 2.57. The molecule has 2 fully saturated rings. The summed E-state index contributed by atoms with van der Waals surface area (Å²) < 4.78 is 22.1. The molecule has 19 heavy (non-hydrogen) atoms. The average molecular weight is 266 g/mol. The summed E-state index contributed by atoms with van der Waals surface area (Å²) in [6.45, 7) is 0.949. The number of rotatable bonds is 4. The molecule has 0 aromatic heterocycles. The van der Waals surface area contributed by atoms with Crippen molar-refractivity contribution < 1.29 is 24.1 Å². The zero-order valence-electron chi connectivity index (χ0n) is 10.8. The summed E-state index contributed by atoms with van der Waals surface area (Å²) in [5.41, 5.74) is 1.10. The van der Waals surface area contributed by atoms with Gasteiger partial charge in [0.2, 0.25) is 0 Å². The van der Waals surface area contributed by atoms with E-state index in [4.69, 9.17) is 18.9 Å². The quantitative estimate of drug-likeness (QED) is 0.869. The van der Waals surface area contributed by atoms with Crippen LogP contribution in [0.3, 0.4) is 0 Å². The number of methoxy groups -OCH3 is 1. The van der Waals surface area contributed by atoms with E-state index in [0.29, 0.717) is 13.2 Å². The monoisotopic (exact) mass is 266 g/mol. The maximum absolute atomic E-state index is 9.93. The molecule has 0 saturated carbocycles. The van der Waals surface area contributed by atoms with Gasteiger partial charge in [0.05, 0.1) is 13.2 Å². The molecule has 0 amide bonds. The second-order valence-corrected chi connectivity index (χ2v) is 4.83. The van der Waals surface area contributed by atoms with Gasteiger partial charge in [0.1, 0.15) is 24.4 Å². The van der Waals surface area contributed by atoms with Gasteiger partial charge in [0.25, 0.3) is 0 Å². The smallest absolute Gasteiger partial charge is 0.186 e. The van der Waals surface area contributed by atoms with Crippen LogP contribution in [0.5, 0.6) is 0 Å². The molecule has 1 unspecified atom stereocenters. The van der Waals surface area contributed by atoms with Crippen molar-refractivity contribution in [3.8, 4) is 0 Å². The van der Waals surface area contributed by atoms with Crippen molar-refractivity contribution in [1.82, 2.24) is 0 Å². The van der Waals surface area contributed by atoms with E-state index < -0.39 is 12.4 Å². The third kappa shape index (κ3) is 2.52. The minimum Gasteiger partial charge on any atom is -0.385 e. The van der Waals surface area contributed by atoms with E-state index >= 15 is 0 Å². The van der Waals surface area contributed by atoms with Crippen molar-refractivity contribution >= 4 is 0 Å². The lowest BCUT2D eigenvalue weighted by atomic mass is 10.1. The van der Waals surface area contributed by atoms with Gasteiger partial charge in [0, 0.05) is 7.11 Å². The SMILES string of the molecule is COC1O[C@H]2[C@H](OC[C@H]2OCc2ccccc2)[C@H]1O. The number of hydrogen-bond acceptors (Lipinski definition) is 5. The second kappa shape index (κ2) is 5.56. The lowest BCUT2D eigenvalue weighted by molar-refractivity contribution is -0.173. The summed E-state index contributed by atoms with van der Waals surface area (Å²) in [6, 6.07) is 9.94. The van der Waals surface area contributed by atoms with Crippen molar-refractivity contribution in [2.75, 3.05) is 13.7 Å². The maximum atomic E-state index is 9.93. The van der Waals surface area contributed by atoms with Gasteiger partial charge in [-0.3, -0.25) is 0 Å². The molecule has 2 aliphatic rings. The first-order chi connectivity index (χ1) is 9.29. The molecule has 5 heteroatoms. The molecule has 1 aromatic carbocycles. The van der Waals surface area contributed by atoms with Crippen LogP contribution >= 0.6 is 0 Å². The van der Waals surface area contributed by atoms with E-state index in [1.165, 1.54) is 7.11 Å². The van der Waals surface area contributed by atoms with Gasteiger partial charge in [-0.05, 0) is 5.56 Å². The molecule has 2 heterocycles. The minimum atomic E-state index is -0.750. The van der Waals surface area contributed by atoms with Gasteiger partial charge in [-0.1, -0.05) is 30.3 Å². The Morgan fingerprint density at radius 2 is 2.05 bits per heavy atom. The van der Waals surface area contributed by atoms with Crippen LogP contribution in [0.25, 0.3) is 0 Å². The van der Waals surface area contributed by atoms with Crippen LogP contribution in [0, 0.1) is 0 Å². The highest BCUT2D eigenvalue weighted by atomic mass is 16.7. The average Bonchev–Trinajstić information content (AvgIpc) is 2.98. The molecule has 0 aliphatic carbocycles. The van der Waals surface area contributed by atoms with Gasteiger partial charge in [0.15, 0.2) is 6.29 Å². The van der Waals surface area contributed by atoms with E-state index in [9.17, 15) is 5.11 Å². The number of ether oxygens (including phenoxy) is 4. The molecular weight excluding hydrogens is 248 g/mol. The molecule has 2 aliphatic heterocycles. The molecule has 104 valence electrons. The van der Waals surface area contributed by atoms with Crippen LogP contribution in [-0.4, -0.2) is 49.5 Å². The van der Waals surface area contributed by atoms with E-state index in [0.717, 1.165) is 5.56 Å². The number of aliphatic hydroxyl groups is 1. The number of hydrogen-bond donors (Lipinski definition) is 1. The van der Waals surface area contributed by atoms with Crippen LogP contribution in [0.2, 0.25) is 0 Å². The molecule has 2 saturated heterocycles. The van der Waals surface area contributed by atoms with Gasteiger partial charge in [-0.25, -0.2) is 0 Å². The van der Waals surface area contributed by atoms with E-state index in [1.807, 2.05) is 30.3 Å². The van der Waals surface area contributed by atoms with Crippen molar-refractivity contribution in [1.29, 1.82) is 0 Å². The third-order valence-electron chi connectivity index (χ3n) is 3.59. The fraction of sp³-hybridized carbons (Fsp3) is 0.571. The number of aliphatic hydroxyl groups excluding tert-OH is 1. The van der Waals surface area contributed by atoms with Gasteiger partial charge in [-0.2, -0.15) is 0 Å². The Morgan fingerprint density at radius 1 is 1.26 bits per heavy atom. The zero-order valence-corrected chi connectivity index (χ0v) is 10.8. The van der Waals surface area contributed by atoms with E-state index in [-0.39, 0.29) is 18.3 Å². The molecule has 0 radical (unpaired) electrons. The first-order valence-corrected chi connectivity index (χ1v) is 6.43. The second-order valence-electron chi connectivity index (χ2n) is 4.83. The van der Waals surface area contributed by atoms with Crippen molar-refractivity contribution in [3.63, 3.8) is 0 Å². The highest BCUT2D eigenvalue weighted by Crippen LogP contribution is 2.33. The predicted octanol–water partition coefficient (Wildman–Crippen LogP) is 0.703. The summed E-state index contributed by atoms with van der Waals surface area (Å²) >= 11 is 0. The van der Waals surface area contributed by atoms with Crippen molar-refractivity contribution in [2.45, 2.75) is 37.3 Å². The zero-order chi connectivity index (χ0) is 13.2. The largest absolute Gasteiger partial charge is 0.385 e. The molecule has 0 spiro atoms. The van der Waals surface area contributed by atoms with Crippen LogP contribution in [0.15, 0.2) is 30.3 Å². The number of benzene rings is 1. The highest BCUT2D eigenvalue weighted by molar-refractivity contribution is 5.13. The summed E-state index contributed by atoms with van der Waals surface area (Å²) in [5, 5.41) is 9.93.